The van der Waals surface area contributed by atoms with Crippen LogP contribution in [-0.2, 0) is 4.74 Å². The molecule has 0 amide bonds. The third kappa shape index (κ3) is 3.53. The summed E-state index contributed by atoms with van der Waals surface area (Å²) in [5, 5.41) is 0. The van der Waals surface area contributed by atoms with Gasteiger partial charge < -0.3 is 9.47 Å². The highest BCUT2D eigenvalue weighted by Gasteiger charge is 2.14. The van der Waals surface area contributed by atoms with Crippen LogP contribution in [0.4, 0.5) is 0 Å². The van der Waals surface area contributed by atoms with Gasteiger partial charge in [-0.3, -0.25) is 0 Å². The van der Waals surface area contributed by atoms with E-state index >= 15 is 0 Å². The van der Waals surface area contributed by atoms with E-state index in [0.29, 0.717) is 0 Å². The van der Waals surface area contributed by atoms with Crippen molar-refractivity contribution in [1.82, 2.24) is 0 Å². The second kappa shape index (κ2) is 6.59. The van der Waals surface area contributed by atoms with E-state index in [1.165, 1.54) is 17.5 Å². The lowest BCUT2D eigenvalue weighted by atomic mass is 10.0. The minimum Gasteiger partial charge on any atom is -0.465 e. The Morgan fingerprint density at radius 3 is 2.19 bits per heavy atom. The van der Waals surface area contributed by atoms with Gasteiger partial charge in [-0.15, -0.1) is 0 Å². The second-order valence-electron chi connectivity index (χ2n) is 5.26. The second-order valence-corrected chi connectivity index (χ2v) is 5.26. The van der Waals surface area contributed by atoms with Crippen LogP contribution in [0.3, 0.4) is 0 Å². The SMILES string of the molecule is C=Cc1ccc(-c2ccc(OC3CCCCO3)cc2)cc1. The Morgan fingerprint density at radius 1 is 0.952 bits per heavy atom. The number of ether oxygens (including phenoxy) is 2. The maximum Gasteiger partial charge on any atom is 0.199 e. The molecule has 21 heavy (non-hydrogen) atoms. The molecule has 1 saturated heterocycles. The molecule has 1 atom stereocenters. The molecule has 0 saturated carbocycles. The summed E-state index contributed by atoms with van der Waals surface area (Å²) in [4.78, 5) is 0. The lowest BCUT2D eigenvalue weighted by molar-refractivity contribution is -0.105. The summed E-state index contributed by atoms with van der Waals surface area (Å²) in [6, 6.07) is 16.5. The molecule has 1 aliphatic rings. The zero-order valence-corrected chi connectivity index (χ0v) is 12.1. The predicted octanol–water partition coefficient (Wildman–Crippen LogP) is 4.90. The van der Waals surface area contributed by atoms with E-state index in [0.717, 1.165) is 30.8 Å². The molecule has 2 aromatic carbocycles. The maximum absolute atomic E-state index is 5.85. The molecular weight excluding hydrogens is 260 g/mol. The highest BCUT2D eigenvalue weighted by atomic mass is 16.7. The topological polar surface area (TPSA) is 18.5 Å². The zero-order chi connectivity index (χ0) is 14.5. The van der Waals surface area contributed by atoms with Crippen LogP contribution in [0, 0.1) is 0 Å². The summed E-state index contributed by atoms with van der Waals surface area (Å²) < 4.78 is 11.4. The van der Waals surface area contributed by atoms with Crippen LogP contribution in [0.2, 0.25) is 0 Å². The molecule has 3 rings (SSSR count). The van der Waals surface area contributed by atoms with Crippen molar-refractivity contribution in [2.24, 2.45) is 0 Å². The molecule has 0 aliphatic carbocycles. The fraction of sp³-hybridized carbons (Fsp3) is 0.263. The molecule has 2 aromatic rings. The molecule has 0 spiro atoms. The van der Waals surface area contributed by atoms with Gasteiger partial charge in [-0.1, -0.05) is 49.1 Å². The minimum atomic E-state index is -0.0866. The van der Waals surface area contributed by atoms with Gasteiger partial charge >= 0.3 is 0 Å². The molecule has 0 bridgehead atoms. The first kappa shape index (κ1) is 13.9. The zero-order valence-electron chi connectivity index (χ0n) is 12.1. The lowest BCUT2D eigenvalue weighted by Crippen LogP contribution is -2.24. The van der Waals surface area contributed by atoms with Crippen molar-refractivity contribution in [1.29, 1.82) is 0 Å². The monoisotopic (exact) mass is 280 g/mol. The molecule has 1 fully saturated rings. The molecule has 2 nitrogen and oxygen atoms in total. The van der Waals surface area contributed by atoms with E-state index in [1.807, 2.05) is 18.2 Å². The number of rotatable bonds is 4. The van der Waals surface area contributed by atoms with Crippen molar-refractivity contribution < 1.29 is 9.47 Å². The Labute approximate surface area is 126 Å². The van der Waals surface area contributed by atoms with Crippen LogP contribution in [-0.4, -0.2) is 12.9 Å². The van der Waals surface area contributed by atoms with E-state index in [-0.39, 0.29) is 6.29 Å². The van der Waals surface area contributed by atoms with Crippen LogP contribution < -0.4 is 4.74 Å². The van der Waals surface area contributed by atoms with Crippen LogP contribution in [0.15, 0.2) is 55.1 Å². The molecule has 0 N–H and O–H groups in total. The summed E-state index contributed by atoms with van der Waals surface area (Å²) in [6.45, 7) is 4.58. The van der Waals surface area contributed by atoms with Crippen LogP contribution in [0.5, 0.6) is 5.75 Å². The van der Waals surface area contributed by atoms with Gasteiger partial charge in [0.2, 0.25) is 0 Å². The Hall–Kier alpha value is -2.06. The van der Waals surface area contributed by atoms with E-state index in [2.05, 4.69) is 43.0 Å². The summed E-state index contributed by atoms with van der Waals surface area (Å²) in [5.41, 5.74) is 3.51. The fourth-order valence-corrected chi connectivity index (χ4v) is 2.49. The van der Waals surface area contributed by atoms with Crippen molar-refractivity contribution in [2.75, 3.05) is 6.61 Å². The van der Waals surface area contributed by atoms with E-state index < -0.39 is 0 Å². The normalized spacial score (nSPS) is 18.2. The van der Waals surface area contributed by atoms with Gasteiger partial charge in [0.1, 0.15) is 5.75 Å². The summed E-state index contributed by atoms with van der Waals surface area (Å²) >= 11 is 0. The first-order valence-corrected chi connectivity index (χ1v) is 7.46. The van der Waals surface area contributed by atoms with Crippen molar-refractivity contribution in [2.45, 2.75) is 25.6 Å². The Kier molecular flexibility index (Phi) is 4.37. The summed E-state index contributed by atoms with van der Waals surface area (Å²) in [7, 11) is 0. The van der Waals surface area contributed by atoms with Crippen molar-refractivity contribution in [3.63, 3.8) is 0 Å². The van der Waals surface area contributed by atoms with E-state index in [9.17, 15) is 0 Å². The molecule has 2 heteroatoms. The van der Waals surface area contributed by atoms with Gasteiger partial charge in [0.15, 0.2) is 6.29 Å². The quantitative estimate of drug-likeness (QED) is 0.793. The third-order valence-electron chi connectivity index (χ3n) is 3.74. The highest BCUT2D eigenvalue weighted by Crippen LogP contribution is 2.25. The largest absolute Gasteiger partial charge is 0.465 e. The first-order valence-electron chi connectivity index (χ1n) is 7.46. The van der Waals surface area contributed by atoms with Crippen molar-refractivity contribution in [3.8, 4) is 16.9 Å². The standard InChI is InChI=1S/C19H20O2/c1-2-15-6-8-16(9-7-15)17-10-12-18(13-11-17)21-19-5-3-4-14-20-19/h2,6-13,19H,1,3-5,14H2. The van der Waals surface area contributed by atoms with Gasteiger partial charge in [-0.25, -0.2) is 0 Å². The molecule has 0 radical (unpaired) electrons. The fourth-order valence-electron chi connectivity index (χ4n) is 2.49. The van der Waals surface area contributed by atoms with Crippen molar-refractivity contribution >= 4 is 6.08 Å². The number of benzene rings is 2. The van der Waals surface area contributed by atoms with Gasteiger partial charge in [0.25, 0.3) is 0 Å². The van der Waals surface area contributed by atoms with Crippen LogP contribution in [0.25, 0.3) is 17.2 Å². The summed E-state index contributed by atoms with van der Waals surface area (Å²) in [5.74, 6) is 0.869. The number of hydrogen-bond donors (Lipinski definition) is 0. The molecule has 1 heterocycles. The smallest absolute Gasteiger partial charge is 0.199 e. The highest BCUT2D eigenvalue weighted by molar-refractivity contribution is 5.66. The van der Waals surface area contributed by atoms with Gasteiger partial charge in [0.05, 0.1) is 6.61 Å². The maximum atomic E-state index is 5.85. The Balaban J connectivity index is 1.69. The Morgan fingerprint density at radius 2 is 1.62 bits per heavy atom. The van der Waals surface area contributed by atoms with Crippen LogP contribution in [0.1, 0.15) is 24.8 Å². The van der Waals surface area contributed by atoms with Gasteiger partial charge in [-0.2, -0.15) is 0 Å². The average molecular weight is 280 g/mol. The number of hydrogen-bond acceptors (Lipinski definition) is 2. The summed E-state index contributed by atoms with van der Waals surface area (Å²) in [6.07, 6.45) is 5.06. The lowest BCUT2D eigenvalue weighted by Gasteiger charge is -2.23. The van der Waals surface area contributed by atoms with Gasteiger partial charge in [-0.05, 0) is 41.7 Å². The van der Waals surface area contributed by atoms with E-state index in [1.54, 1.807) is 0 Å². The van der Waals surface area contributed by atoms with Crippen molar-refractivity contribution in [3.05, 3.63) is 60.7 Å². The van der Waals surface area contributed by atoms with Crippen LogP contribution >= 0.6 is 0 Å². The Bertz CT molecular complexity index is 578. The molecule has 0 aromatic heterocycles. The molecule has 1 aliphatic heterocycles. The van der Waals surface area contributed by atoms with E-state index in [4.69, 9.17) is 9.47 Å². The average Bonchev–Trinajstić information content (AvgIpc) is 2.57. The first-order chi connectivity index (χ1) is 10.3. The minimum absolute atomic E-state index is 0.0866. The molecule has 1 unspecified atom stereocenters. The van der Waals surface area contributed by atoms with Gasteiger partial charge in [0, 0.05) is 6.42 Å². The molecular formula is C19H20O2. The predicted molar refractivity (Wildman–Crippen MR) is 86.2 cm³/mol. The molecule has 108 valence electrons. The third-order valence-corrected chi connectivity index (χ3v) is 3.74.